The maximum atomic E-state index is 11.9. The second-order valence-electron chi connectivity index (χ2n) is 5.49. The molecule has 21 heavy (non-hydrogen) atoms. The normalized spacial score (nSPS) is 11.5. The first kappa shape index (κ1) is 17.2. The van der Waals surface area contributed by atoms with Crippen LogP contribution in [0.15, 0.2) is 22.0 Å². The van der Waals surface area contributed by atoms with Gasteiger partial charge in [0.2, 0.25) is 0 Å². The molecule has 0 aliphatic carbocycles. The van der Waals surface area contributed by atoms with Crippen molar-refractivity contribution in [2.24, 2.45) is 22.4 Å². The van der Waals surface area contributed by atoms with Crippen molar-refractivity contribution >= 4 is 21.7 Å². The number of aliphatic imine (C=N–C) groups is 1. The molecule has 116 valence electrons. The number of rotatable bonds is 4. The van der Waals surface area contributed by atoms with Gasteiger partial charge < -0.3 is 11.5 Å². The highest BCUT2D eigenvalue weighted by Crippen LogP contribution is 2.24. The monoisotopic (exact) mass is 311 g/mol. The number of carbonyl (C=O) groups is 1. The predicted octanol–water partition coefficient (Wildman–Crippen LogP) is 1.01. The van der Waals surface area contributed by atoms with Crippen molar-refractivity contribution in [3.63, 3.8) is 0 Å². The Morgan fingerprint density at radius 3 is 2.29 bits per heavy atom. The second-order valence-corrected chi connectivity index (χ2v) is 7.47. The molecule has 1 aromatic rings. The molecular formula is C14H21N3O3S. The number of carbonyl (C=O) groups excluding carboxylic acids is 1. The lowest BCUT2D eigenvalue weighted by molar-refractivity contribution is 0.100. The standard InChI is InChI=1S/C14H21N3O3S/c1-8(2)5-10-6-9(3)11(13(18)17-14(15)16)7-12(10)21(4,19)20/h6-8H,5H2,1-4H3,(H4,15,16,17,18). The molecule has 7 heteroatoms. The van der Waals surface area contributed by atoms with E-state index < -0.39 is 15.7 Å². The van der Waals surface area contributed by atoms with E-state index in [4.69, 9.17) is 11.5 Å². The number of hydrogen-bond donors (Lipinski definition) is 2. The molecular weight excluding hydrogens is 290 g/mol. The maximum absolute atomic E-state index is 11.9. The predicted molar refractivity (Wildman–Crippen MR) is 83.0 cm³/mol. The molecule has 0 saturated heterocycles. The van der Waals surface area contributed by atoms with Gasteiger partial charge in [-0.1, -0.05) is 19.9 Å². The molecule has 0 bridgehead atoms. The van der Waals surface area contributed by atoms with E-state index in [1.807, 2.05) is 13.8 Å². The van der Waals surface area contributed by atoms with Gasteiger partial charge in [-0.3, -0.25) is 4.79 Å². The zero-order valence-corrected chi connectivity index (χ0v) is 13.5. The van der Waals surface area contributed by atoms with Gasteiger partial charge in [0.25, 0.3) is 5.91 Å². The first-order chi connectivity index (χ1) is 9.52. The molecule has 0 aliphatic rings. The smallest absolute Gasteiger partial charge is 0.280 e. The number of sulfone groups is 1. The number of nitrogens with two attached hydrogens (primary N) is 2. The number of amides is 1. The first-order valence-corrected chi connectivity index (χ1v) is 8.39. The zero-order chi connectivity index (χ0) is 16.4. The van der Waals surface area contributed by atoms with Crippen LogP contribution in [-0.4, -0.2) is 26.5 Å². The summed E-state index contributed by atoms with van der Waals surface area (Å²) in [6.45, 7) is 5.73. The van der Waals surface area contributed by atoms with Gasteiger partial charge in [-0.05, 0) is 36.5 Å². The van der Waals surface area contributed by atoms with E-state index in [0.717, 1.165) is 6.26 Å². The Hall–Kier alpha value is -1.89. The minimum Gasteiger partial charge on any atom is -0.370 e. The number of hydrogen-bond acceptors (Lipinski definition) is 3. The van der Waals surface area contributed by atoms with Gasteiger partial charge in [0.15, 0.2) is 15.8 Å². The molecule has 1 aromatic carbocycles. The summed E-state index contributed by atoms with van der Waals surface area (Å²) < 4.78 is 23.9. The topological polar surface area (TPSA) is 116 Å². The molecule has 0 heterocycles. The Kier molecular flexibility index (Phi) is 5.11. The number of benzene rings is 1. The van der Waals surface area contributed by atoms with Crippen molar-refractivity contribution in [2.75, 3.05) is 6.26 Å². The quantitative estimate of drug-likeness (QED) is 0.636. The summed E-state index contributed by atoms with van der Waals surface area (Å²) in [4.78, 5) is 15.6. The molecule has 0 fully saturated rings. The first-order valence-electron chi connectivity index (χ1n) is 6.50. The highest BCUT2D eigenvalue weighted by Gasteiger charge is 2.19. The van der Waals surface area contributed by atoms with Gasteiger partial charge in [0.05, 0.1) is 4.90 Å². The van der Waals surface area contributed by atoms with E-state index in [2.05, 4.69) is 4.99 Å². The number of nitrogens with zero attached hydrogens (tertiary/aromatic N) is 1. The SMILES string of the molecule is Cc1cc(CC(C)C)c(S(C)(=O)=O)cc1C(=O)N=C(N)N. The van der Waals surface area contributed by atoms with E-state index in [-0.39, 0.29) is 16.4 Å². The number of guanidine groups is 1. The van der Waals surface area contributed by atoms with Crippen LogP contribution in [0, 0.1) is 12.8 Å². The Morgan fingerprint density at radius 1 is 1.29 bits per heavy atom. The average Bonchev–Trinajstić information content (AvgIpc) is 2.24. The van der Waals surface area contributed by atoms with Gasteiger partial charge in [-0.15, -0.1) is 0 Å². The van der Waals surface area contributed by atoms with E-state index in [9.17, 15) is 13.2 Å². The molecule has 0 radical (unpaired) electrons. The van der Waals surface area contributed by atoms with Gasteiger partial charge in [-0.25, -0.2) is 8.42 Å². The molecule has 1 amide bonds. The van der Waals surface area contributed by atoms with Crippen LogP contribution in [0.25, 0.3) is 0 Å². The van der Waals surface area contributed by atoms with E-state index in [1.165, 1.54) is 6.07 Å². The highest BCUT2D eigenvalue weighted by molar-refractivity contribution is 7.90. The van der Waals surface area contributed by atoms with E-state index in [1.54, 1.807) is 13.0 Å². The summed E-state index contributed by atoms with van der Waals surface area (Å²) in [7, 11) is -3.44. The Labute approximate surface area is 125 Å². The van der Waals surface area contributed by atoms with Gasteiger partial charge in [-0.2, -0.15) is 4.99 Å². The Morgan fingerprint density at radius 2 is 1.86 bits per heavy atom. The van der Waals surface area contributed by atoms with Crippen LogP contribution in [0.5, 0.6) is 0 Å². The van der Waals surface area contributed by atoms with Crippen molar-refractivity contribution in [2.45, 2.75) is 32.1 Å². The molecule has 0 unspecified atom stereocenters. The van der Waals surface area contributed by atoms with Crippen molar-refractivity contribution in [1.29, 1.82) is 0 Å². The molecule has 0 aromatic heterocycles. The number of aryl methyl sites for hydroxylation is 1. The fraction of sp³-hybridized carbons (Fsp3) is 0.429. The minimum absolute atomic E-state index is 0.149. The minimum atomic E-state index is -3.44. The summed E-state index contributed by atoms with van der Waals surface area (Å²) in [5.74, 6) is -0.704. The van der Waals surface area contributed by atoms with Crippen LogP contribution in [0.1, 0.15) is 35.3 Å². The summed E-state index contributed by atoms with van der Waals surface area (Å²) in [5.41, 5.74) is 11.9. The third-order valence-electron chi connectivity index (χ3n) is 2.90. The lowest BCUT2D eigenvalue weighted by Crippen LogP contribution is -2.24. The van der Waals surface area contributed by atoms with Crippen molar-refractivity contribution in [1.82, 2.24) is 0 Å². The van der Waals surface area contributed by atoms with Gasteiger partial charge in [0.1, 0.15) is 0 Å². The highest BCUT2D eigenvalue weighted by atomic mass is 32.2. The van der Waals surface area contributed by atoms with Crippen molar-refractivity contribution in [3.8, 4) is 0 Å². The summed E-state index contributed by atoms with van der Waals surface area (Å²) in [6, 6.07) is 3.07. The fourth-order valence-corrected chi connectivity index (χ4v) is 3.05. The van der Waals surface area contributed by atoms with E-state index in [0.29, 0.717) is 23.5 Å². The Balaban J connectivity index is 3.52. The summed E-state index contributed by atoms with van der Waals surface area (Å²) in [5, 5.41) is 0. The molecule has 1 rings (SSSR count). The van der Waals surface area contributed by atoms with Crippen LogP contribution >= 0.6 is 0 Å². The molecule has 4 N–H and O–H groups in total. The molecule has 6 nitrogen and oxygen atoms in total. The summed E-state index contributed by atoms with van der Waals surface area (Å²) in [6.07, 6.45) is 1.73. The molecule has 0 spiro atoms. The second kappa shape index (κ2) is 6.26. The third-order valence-corrected chi connectivity index (χ3v) is 4.08. The molecule has 0 aliphatic heterocycles. The fourth-order valence-electron chi connectivity index (χ4n) is 2.10. The van der Waals surface area contributed by atoms with Crippen LogP contribution in [0.3, 0.4) is 0 Å². The average molecular weight is 311 g/mol. The molecule has 0 saturated carbocycles. The maximum Gasteiger partial charge on any atom is 0.280 e. The van der Waals surface area contributed by atoms with Gasteiger partial charge in [0, 0.05) is 11.8 Å². The van der Waals surface area contributed by atoms with Crippen LogP contribution < -0.4 is 11.5 Å². The largest absolute Gasteiger partial charge is 0.370 e. The van der Waals surface area contributed by atoms with E-state index >= 15 is 0 Å². The zero-order valence-electron chi connectivity index (χ0n) is 12.7. The van der Waals surface area contributed by atoms with Crippen LogP contribution in [0.2, 0.25) is 0 Å². The summed E-state index contributed by atoms with van der Waals surface area (Å²) >= 11 is 0. The molecule has 0 atom stereocenters. The third kappa shape index (κ3) is 4.56. The van der Waals surface area contributed by atoms with Gasteiger partial charge >= 0.3 is 0 Å². The van der Waals surface area contributed by atoms with Crippen LogP contribution in [-0.2, 0) is 16.3 Å². The lowest BCUT2D eigenvalue weighted by Gasteiger charge is -2.13. The Bertz CT molecular complexity index is 688. The van der Waals surface area contributed by atoms with Crippen molar-refractivity contribution in [3.05, 3.63) is 28.8 Å². The lowest BCUT2D eigenvalue weighted by atomic mass is 9.98. The van der Waals surface area contributed by atoms with Crippen LogP contribution in [0.4, 0.5) is 0 Å². The van der Waals surface area contributed by atoms with Crippen molar-refractivity contribution < 1.29 is 13.2 Å².